The normalized spacial score (nSPS) is 10.7. The van der Waals surface area contributed by atoms with Gasteiger partial charge in [-0.2, -0.15) is 0 Å². The van der Waals surface area contributed by atoms with Crippen LogP contribution in [0.3, 0.4) is 0 Å². The highest BCUT2D eigenvalue weighted by Crippen LogP contribution is 2.19. The number of carboxylic acids is 1. The molecule has 0 aliphatic carbocycles. The van der Waals surface area contributed by atoms with Gasteiger partial charge < -0.3 is 10.4 Å². The zero-order valence-electron chi connectivity index (χ0n) is 10.5. The summed E-state index contributed by atoms with van der Waals surface area (Å²) in [4.78, 5) is 22.8. The van der Waals surface area contributed by atoms with Gasteiger partial charge in [0.1, 0.15) is 4.88 Å². The van der Waals surface area contributed by atoms with Crippen molar-refractivity contribution in [3.8, 4) is 0 Å². The van der Waals surface area contributed by atoms with Crippen LogP contribution in [0.4, 0.5) is 5.69 Å². The number of carboxylic acid groups (broad SMARTS) is 1. The second-order valence-corrected chi connectivity index (χ2v) is 4.77. The van der Waals surface area contributed by atoms with Crippen LogP contribution in [0.2, 0.25) is 0 Å². The lowest BCUT2D eigenvalue weighted by Gasteiger charge is -2.08. The van der Waals surface area contributed by atoms with Crippen molar-refractivity contribution in [2.75, 3.05) is 5.32 Å². The summed E-state index contributed by atoms with van der Waals surface area (Å²) in [5.74, 6) is -1.31. The van der Waals surface area contributed by atoms with Gasteiger partial charge in [-0.3, -0.25) is 4.79 Å². The van der Waals surface area contributed by atoms with E-state index in [1.165, 1.54) is 12.3 Å². The molecule has 20 heavy (non-hydrogen) atoms. The van der Waals surface area contributed by atoms with Crippen LogP contribution in [0.25, 0.3) is 6.08 Å². The molecule has 0 unspecified atom stereocenters. The summed E-state index contributed by atoms with van der Waals surface area (Å²) >= 11 is 1.01. The van der Waals surface area contributed by atoms with Crippen molar-refractivity contribution in [1.29, 1.82) is 0 Å². The number of rotatable bonds is 4. The topological polar surface area (TPSA) is 92.2 Å². The first-order valence-corrected chi connectivity index (χ1v) is 6.44. The van der Waals surface area contributed by atoms with Gasteiger partial charge in [-0.1, -0.05) is 16.6 Å². The van der Waals surface area contributed by atoms with Crippen LogP contribution in [0.15, 0.2) is 30.5 Å². The molecule has 0 aliphatic heterocycles. The summed E-state index contributed by atoms with van der Waals surface area (Å²) in [6.07, 6.45) is 3.90. The minimum atomic E-state index is -1.02. The smallest absolute Gasteiger partial charge is 0.328 e. The molecule has 0 spiro atoms. The fraction of sp³-hybridized carbons (Fsp3) is 0.0769. The molecule has 0 saturated heterocycles. The second-order valence-electron chi connectivity index (χ2n) is 3.98. The van der Waals surface area contributed by atoms with Crippen molar-refractivity contribution in [2.45, 2.75) is 6.92 Å². The van der Waals surface area contributed by atoms with Gasteiger partial charge in [0, 0.05) is 11.8 Å². The average Bonchev–Trinajstić information content (AvgIpc) is 2.93. The Hall–Kier alpha value is -2.54. The standard InChI is InChI=1S/C13H11N3O3S/c1-8-2-3-9(4-5-12(17)18)6-10(8)15-13(19)11-7-14-16-20-11/h2-7H,1H3,(H,15,19)(H,17,18). The maximum Gasteiger partial charge on any atom is 0.328 e. The van der Waals surface area contributed by atoms with Crippen LogP contribution in [0, 0.1) is 6.92 Å². The minimum absolute atomic E-state index is 0.289. The molecule has 0 radical (unpaired) electrons. The molecular formula is C13H11N3O3S. The van der Waals surface area contributed by atoms with E-state index in [0.29, 0.717) is 16.1 Å². The van der Waals surface area contributed by atoms with Crippen molar-refractivity contribution in [1.82, 2.24) is 9.59 Å². The van der Waals surface area contributed by atoms with E-state index in [4.69, 9.17) is 5.11 Å². The van der Waals surface area contributed by atoms with Crippen molar-refractivity contribution < 1.29 is 14.7 Å². The lowest BCUT2D eigenvalue weighted by molar-refractivity contribution is -0.131. The van der Waals surface area contributed by atoms with Crippen LogP contribution in [0.5, 0.6) is 0 Å². The van der Waals surface area contributed by atoms with E-state index in [2.05, 4.69) is 14.9 Å². The first-order chi connectivity index (χ1) is 9.56. The summed E-state index contributed by atoms with van der Waals surface area (Å²) in [5.41, 5.74) is 2.19. The third-order valence-corrected chi connectivity index (χ3v) is 3.18. The highest BCUT2D eigenvalue weighted by molar-refractivity contribution is 7.07. The van der Waals surface area contributed by atoms with E-state index in [9.17, 15) is 9.59 Å². The minimum Gasteiger partial charge on any atom is -0.478 e. The number of hydrogen-bond acceptors (Lipinski definition) is 5. The number of aryl methyl sites for hydroxylation is 1. The number of hydrogen-bond donors (Lipinski definition) is 2. The molecule has 6 nitrogen and oxygen atoms in total. The molecule has 0 atom stereocenters. The number of nitrogens with one attached hydrogen (secondary N) is 1. The number of aromatic nitrogens is 2. The summed E-state index contributed by atoms with van der Waals surface area (Å²) in [6, 6.07) is 5.29. The summed E-state index contributed by atoms with van der Waals surface area (Å²) < 4.78 is 3.63. The fourth-order valence-electron chi connectivity index (χ4n) is 1.50. The van der Waals surface area contributed by atoms with Gasteiger partial charge in [0.2, 0.25) is 0 Å². The molecule has 2 N–H and O–H groups in total. The number of nitrogens with zero attached hydrogens (tertiary/aromatic N) is 2. The third-order valence-electron chi connectivity index (χ3n) is 2.51. The zero-order valence-corrected chi connectivity index (χ0v) is 11.3. The van der Waals surface area contributed by atoms with Crippen LogP contribution < -0.4 is 5.32 Å². The van der Waals surface area contributed by atoms with E-state index >= 15 is 0 Å². The number of anilines is 1. The zero-order chi connectivity index (χ0) is 14.5. The van der Waals surface area contributed by atoms with Crippen LogP contribution in [0.1, 0.15) is 20.8 Å². The second kappa shape index (κ2) is 6.07. The van der Waals surface area contributed by atoms with Gasteiger partial charge in [-0.15, -0.1) is 5.10 Å². The van der Waals surface area contributed by atoms with Gasteiger partial charge in [0.15, 0.2) is 0 Å². The highest BCUT2D eigenvalue weighted by Gasteiger charge is 2.10. The molecule has 1 amide bonds. The molecule has 0 fully saturated rings. The Balaban J connectivity index is 2.20. The summed E-state index contributed by atoms with van der Waals surface area (Å²) in [7, 11) is 0. The first kappa shape index (κ1) is 13.9. The number of benzene rings is 1. The van der Waals surface area contributed by atoms with Crippen molar-refractivity contribution >= 4 is 35.2 Å². The van der Waals surface area contributed by atoms with Crippen LogP contribution in [-0.4, -0.2) is 26.6 Å². The fourth-order valence-corrected chi connectivity index (χ4v) is 1.91. The molecule has 2 rings (SSSR count). The van der Waals surface area contributed by atoms with E-state index < -0.39 is 5.97 Å². The lowest BCUT2D eigenvalue weighted by Crippen LogP contribution is -2.11. The molecule has 2 aromatic rings. The number of carbonyl (C=O) groups is 2. The van der Waals surface area contributed by atoms with Gasteiger partial charge in [0.05, 0.1) is 6.20 Å². The Kier molecular flexibility index (Phi) is 4.21. The predicted octanol–water partition coefficient (Wildman–Crippen LogP) is 2.20. The largest absolute Gasteiger partial charge is 0.478 e. The van der Waals surface area contributed by atoms with Crippen LogP contribution >= 0.6 is 11.5 Å². The van der Waals surface area contributed by atoms with Gasteiger partial charge in [-0.05, 0) is 41.7 Å². The molecule has 0 bridgehead atoms. The van der Waals surface area contributed by atoms with Crippen molar-refractivity contribution in [3.05, 3.63) is 46.5 Å². The van der Waals surface area contributed by atoms with Crippen molar-refractivity contribution in [3.63, 3.8) is 0 Å². The SMILES string of the molecule is Cc1ccc(C=CC(=O)O)cc1NC(=O)c1cnns1. The average molecular weight is 289 g/mol. The molecule has 0 aliphatic rings. The molecule has 1 heterocycles. The molecular weight excluding hydrogens is 278 g/mol. The summed E-state index contributed by atoms with van der Waals surface area (Å²) in [5, 5.41) is 15.0. The molecule has 102 valence electrons. The third kappa shape index (κ3) is 3.48. The van der Waals surface area contributed by atoms with Crippen molar-refractivity contribution in [2.24, 2.45) is 0 Å². The predicted molar refractivity (Wildman–Crippen MR) is 75.7 cm³/mol. The van der Waals surface area contributed by atoms with E-state index in [-0.39, 0.29) is 5.91 Å². The Morgan fingerprint density at radius 2 is 2.20 bits per heavy atom. The molecule has 7 heteroatoms. The molecule has 0 saturated carbocycles. The maximum atomic E-state index is 11.9. The highest BCUT2D eigenvalue weighted by atomic mass is 32.1. The summed E-state index contributed by atoms with van der Waals surface area (Å²) in [6.45, 7) is 1.85. The van der Waals surface area contributed by atoms with Gasteiger partial charge in [-0.25, -0.2) is 4.79 Å². The molecule has 1 aromatic carbocycles. The van der Waals surface area contributed by atoms with E-state index in [1.54, 1.807) is 12.1 Å². The van der Waals surface area contributed by atoms with Gasteiger partial charge >= 0.3 is 5.97 Å². The monoisotopic (exact) mass is 289 g/mol. The van der Waals surface area contributed by atoms with Gasteiger partial charge in [0.25, 0.3) is 5.91 Å². The Labute approximate surface area is 118 Å². The van der Waals surface area contributed by atoms with E-state index in [0.717, 1.165) is 23.2 Å². The first-order valence-electron chi connectivity index (χ1n) is 5.66. The van der Waals surface area contributed by atoms with Crippen LogP contribution in [-0.2, 0) is 4.79 Å². The Morgan fingerprint density at radius 3 is 2.85 bits per heavy atom. The lowest BCUT2D eigenvalue weighted by atomic mass is 10.1. The molecule has 1 aromatic heterocycles. The number of aliphatic carboxylic acids is 1. The maximum absolute atomic E-state index is 11.9. The number of amides is 1. The Bertz CT molecular complexity index is 666. The number of carbonyl (C=O) groups excluding carboxylic acids is 1. The Morgan fingerprint density at radius 1 is 1.40 bits per heavy atom. The van der Waals surface area contributed by atoms with E-state index in [1.807, 2.05) is 13.0 Å². The quantitative estimate of drug-likeness (QED) is 0.842.